The van der Waals surface area contributed by atoms with Gasteiger partial charge >= 0.3 is 5.97 Å². The second kappa shape index (κ2) is 6.46. The zero-order chi connectivity index (χ0) is 13.8. The highest BCUT2D eigenvalue weighted by atomic mass is 32.2. The Morgan fingerprint density at radius 2 is 2.22 bits per heavy atom. The van der Waals surface area contributed by atoms with Crippen LogP contribution in [0.2, 0.25) is 0 Å². The lowest BCUT2D eigenvalue weighted by atomic mass is 10.2. The number of nitrogens with zero attached hydrogens (tertiary/aromatic N) is 1. The number of aliphatic carboxylic acids is 1. The van der Waals surface area contributed by atoms with Crippen LogP contribution in [0.25, 0.3) is 0 Å². The molecule has 0 bridgehead atoms. The van der Waals surface area contributed by atoms with Crippen LogP contribution in [0.15, 0.2) is 0 Å². The minimum Gasteiger partial charge on any atom is -0.480 e. The summed E-state index contributed by atoms with van der Waals surface area (Å²) < 4.78 is 30.3. The topological polar surface area (TPSA) is 95.9 Å². The maximum Gasteiger partial charge on any atom is 0.323 e. The van der Waals surface area contributed by atoms with Crippen molar-refractivity contribution >= 4 is 16.0 Å². The van der Waals surface area contributed by atoms with E-state index in [1.807, 2.05) is 13.8 Å². The third-order valence-electron chi connectivity index (χ3n) is 2.63. The fourth-order valence-corrected chi connectivity index (χ4v) is 3.20. The molecule has 1 saturated heterocycles. The lowest BCUT2D eigenvalue weighted by molar-refractivity contribution is -0.141. The van der Waals surface area contributed by atoms with E-state index < -0.39 is 22.0 Å². The molecule has 0 spiro atoms. The van der Waals surface area contributed by atoms with Gasteiger partial charge in [0.15, 0.2) is 0 Å². The Hall–Kier alpha value is -0.700. The highest BCUT2D eigenvalue weighted by Crippen LogP contribution is 2.11. The van der Waals surface area contributed by atoms with Crippen molar-refractivity contribution in [2.45, 2.75) is 26.0 Å². The Kier molecular flexibility index (Phi) is 5.51. The molecule has 1 atom stereocenters. The lowest BCUT2D eigenvalue weighted by Crippen LogP contribution is -2.57. The van der Waals surface area contributed by atoms with Crippen molar-refractivity contribution < 1.29 is 23.1 Å². The molecular formula is C10H20N2O5S. The average molecular weight is 280 g/mol. The molecular weight excluding hydrogens is 260 g/mol. The van der Waals surface area contributed by atoms with Crippen LogP contribution in [-0.4, -0.2) is 67.9 Å². The maximum absolute atomic E-state index is 12.0. The number of carbonyl (C=O) groups is 1. The summed E-state index contributed by atoms with van der Waals surface area (Å²) in [6, 6.07) is -1.03. The Morgan fingerprint density at radius 3 is 2.78 bits per heavy atom. The molecule has 1 rings (SSSR count). The summed E-state index contributed by atoms with van der Waals surface area (Å²) in [4.78, 5) is 11.0. The number of hydrogen-bond donors (Lipinski definition) is 2. The molecule has 18 heavy (non-hydrogen) atoms. The van der Waals surface area contributed by atoms with E-state index in [-0.39, 0.29) is 31.6 Å². The molecule has 0 aromatic rings. The molecule has 7 nitrogen and oxygen atoms in total. The van der Waals surface area contributed by atoms with E-state index >= 15 is 0 Å². The molecule has 0 amide bonds. The van der Waals surface area contributed by atoms with E-state index in [4.69, 9.17) is 9.84 Å². The largest absolute Gasteiger partial charge is 0.480 e. The normalized spacial score (nSPS) is 22.3. The van der Waals surface area contributed by atoms with Crippen LogP contribution in [0.1, 0.15) is 13.8 Å². The molecule has 1 unspecified atom stereocenters. The van der Waals surface area contributed by atoms with E-state index in [0.717, 1.165) is 4.31 Å². The van der Waals surface area contributed by atoms with E-state index in [9.17, 15) is 13.2 Å². The summed E-state index contributed by atoms with van der Waals surface area (Å²) in [5.41, 5.74) is 0. The molecule has 0 aliphatic carbocycles. The fourth-order valence-electron chi connectivity index (χ4n) is 1.74. The fraction of sp³-hybridized carbons (Fsp3) is 0.900. The molecule has 1 heterocycles. The Labute approximate surface area is 107 Å². The molecule has 0 aromatic carbocycles. The SMILES string of the molecule is CC(C)OCCS(=O)(=O)N1CCNCC1C(=O)O. The van der Waals surface area contributed by atoms with Crippen LogP contribution >= 0.6 is 0 Å². The van der Waals surface area contributed by atoms with Gasteiger partial charge in [0.05, 0.1) is 18.5 Å². The van der Waals surface area contributed by atoms with Gasteiger partial charge in [0.1, 0.15) is 6.04 Å². The summed E-state index contributed by atoms with van der Waals surface area (Å²) in [5, 5.41) is 11.9. The van der Waals surface area contributed by atoms with Crippen molar-refractivity contribution in [3.8, 4) is 0 Å². The number of carboxylic acid groups (broad SMARTS) is 1. The van der Waals surface area contributed by atoms with E-state index in [0.29, 0.717) is 6.54 Å². The predicted octanol–water partition coefficient (Wildman–Crippen LogP) is -0.900. The van der Waals surface area contributed by atoms with Crippen molar-refractivity contribution in [2.75, 3.05) is 32.0 Å². The van der Waals surface area contributed by atoms with Crippen LogP contribution in [-0.2, 0) is 19.6 Å². The van der Waals surface area contributed by atoms with Crippen LogP contribution in [0.5, 0.6) is 0 Å². The first-order valence-corrected chi connectivity index (χ1v) is 7.50. The predicted molar refractivity (Wildman–Crippen MR) is 65.9 cm³/mol. The van der Waals surface area contributed by atoms with Gasteiger partial charge in [-0.25, -0.2) is 8.42 Å². The molecule has 106 valence electrons. The third-order valence-corrected chi connectivity index (χ3v) is 4.46. The van der Waals surface area contributed by atoms with Gasteiger partial charge < -0.3 is 15.2 Å². The average Bonchev–Trinajstić information content (AvgIpc) is 2.28. The lowest BCUT2D eigenvalue weighted by Gasteiger charge is -2.32. The molecule has 1 aliphatic rings. The van der Waals surface area contributed by atoms with Crippen LogP contribution in [0.4, 0.5) is 0 Å². The van der Waals surface area contributed by atoms with Crippen molar-refractivity contribution in [1.82, 2.24) is 9.62 Å². The van der Waals surface area contributed by atoms with Crippen molar-refractivity contribution in [3.05, 3.63) is 0 Å². The summed E-state index contributed by atoms with van der Waals surface area (Å²) in [5.74, 6) is -1.31. The number of sulfonamides is 1. The van der Waals surface area contributed by atoms with Crippen molar-refractivity contribution in [3.63, 3.8) is 0 Å². The highest BCUT2D eigenvalue weighted by molar-refractivity contribution is 7.89. The van der Waals surface area contributed by atoms with Gasteiger partial charge in [-0.2, -0.15) is 4.31 Å². The molecule has 2 N–H and O–H groups in total. The monoisotopic (exact) mass is 280 g/mol. The van der Waals surface area contributed by atoms with Crippen LogP contribution in [0, 0.1) is 0 Å². The van der Waals surface area contributed by atoms with Gasteiger partial charge in [0, 0.05) is 19.6 Å². The number of ether oxygens (including phenoxy) is 1. The van der Waals surface area contributed by atoms with Gasteiger partial charge in [0.25, 0.3) is 0 Å². The number of rotatable bonds is 6. The minimum absolute atomic E-state index is 0.0431. The first-order valence-electron chi connectivity index (χ1n) is 5.89. The molecule has 1 fully saturated rings. The standard InChI is InChI=1S/C10H20N2O5S/c1-8(2)17-5-6-18(15,16)12-4-3-11-7-9(12)10(13)14/h8-9,11H,3-7H2,1-2H3,(H,13,14). The van der Waals surface area contributed by atoms with Gasteiger partial charge in [0.2, 0.25) is 10.0 Å². The summed E-state index contributed by atoms with van der Waals surface area (Å²) >= 11 is 0. The number of piperazine rings is 1. The van der Waals surface area contributed by atoms with E-state index in [2.05, 4.69) is 5.32 Å². The van der Waals surface area contributed by atoms with Crippen molar-refractivity contribution in [2.24, 2.45) is 0 Å². The van der Waals surface area contributed by atoms with Crippen LogP contribution < -0.4 is 5.32 Å². The number of nitrogens with one attached hydrogen (secondary N) is 1. The molecule has 0 saturated carbocycles. The van der Waals surface area contributed by atoms with Crippen LogP contribution in [0.3, 0.4) is 0 Å². The minimum atomic E-state index is -3.59. The summed E-state index contributed by atoms with van der Waals surface area (Å²) in [6.45, 7) is 4.50. The van der Waals surface area contributed by atoms with Gasteiger partial charge in [-0.15, -0.1) is 0 Å². The second-order valence-corrected chi connectivity index (χ2v) is 6.45. The quantitative estimate of drug-likeness (QED) is 0.654. The summed E-state index contributed by atoms with van der Waals surface area (Å²) in [7, 11) is -3.59. The Morgan fingerprint density at radius 1 is 1.56 bits per heavy atom. The maximum atomic E-state index is 12.0. The zero-order valence-corrected chi connectivity index (χ0v) is 11.4. The second-order valence-electron chi connectivity index (χ2n) is 4.40. The molecule has 8 heteroatoms. The van der Waals surface area contributed by atoms with Gasteiger partial charge in [-0.3, -0.25) is 4.79 Å². The molecule has 0 aromatic heterocycles. The van der Waals surface area contributed by atoms with Gasteiger partial charge in [-0.05, 0) is 13.8 Å². The molecule has 0 radical (unpaired) electrons. The zero-order valence-electron chi connectivity index (χ0n) is 10.6. The summed E-state index contributed by atoms with van der Waals surface area (Å²) in [6.07, 6.45) is -0.0431. The number of carboxylic acids is 1. The Balaban J connectivity index is 2.66. The highest BCUT2D eigenvalue weighted by Gasteiger charge is 2.36. The first kappa shape index (κ1) is 15.4. The third kappa shape index (κ3) is 4.20. The van der Waals surface area contributed by atoms with E-state index in [1.165, 1.54) is 0 Å². The number of hydrogen-bond acceptors (Lipinski definition) is 5. The van der Waals surface area contributed by atoms with Gasteiger partial charge in [-0.1, -0.05) is 0 Å². The Bertz CT molecular complexity index is 382. The van der Waals surface area contributed by atoms with Crippen molar-refractivity contribution in [1.29, 1.82) is 0 Å². The van der Waals surface area contributed by atoms with E-state index in [1.54, 1.807) is 0 Å². The smallest absolute Gasteiger partial charge is 0.323 e. The first-order chi connectivity index (χ1) is 8.34. The molecule has 1 aliphatic heterocycles.